The van der Waals surface area contributed by atoms with Gasteiger partial charge in [-0.3, -0.25) is 4.79 Å². The molecule has 2 atom stereocenters. The van der Waals surface area contributed by atoms with E-state index in [0.717, 1.165) is 13.0 Å². The molecule has 4 heteroatoms. The second kappa shape index (κ2) is 5.27. The molecule has 0 N–H and O–H groups in total. The Labute approximate surface area is 112 Å². The average molecular weight is 270 g/mol. The van der Waals surface area contributed by atoms with E-state index in [4.69, 9.17) is 11.6 Å². The van der Waals surface area contributed by atoms with Crippen LogP contribution >= 0.6 is 11.6 Å². The molecule has 1 amide bonds. The summed E-state index contributed by atoms with van der Waals surface area (Å²) in [5, 5.41) is 0.00320. The molecule has 0 aliphatic carbocycles. The van der Waals surface area contributed by atoms with E-state index in [1.54, 1.807) is 17.9 Å². The number of carbonyl (C=O) groups excluding carboxylic acids is 1. The van der Waals surface area contributed by atoms with Gasteiger partial charge in [-0.25, -0.2) is 4.39 Å². The molecule has 0 bridgehead atoms. The standard InChI is InChI=1S/C14H17ClFNO/c1-9-5-6-17(8-13(9)15)14(18)12-4-3-11(16)7-10(12)2/h3-4,7,9,13H,5-6,8H2,1-2H3. The zero-order chi connectivity index (χ0) is 13.3. The second-order valence-electron chi connectivity index (χ2n) is 4.99. The zero-order valence-electron chi connectivity index (χ0n) is 10.6. The summed E-state index contributed by atoms with van der Waals surface area (Å²) in [5.41, 5.74) is 1.24. The molecule has 1 aliphatic rings. The summed E-state index contributed by atoms with van der Waals surface area (Å²) in [7, 11) is 0. The average Bonchev–Trinajstić information content (AvgIpc) is 2.32. The Morgan fingerprint density at radius 1 is 1.50 bits per heavy atom. The zero-order valence-corrected chi connectivity index (χ0v) is 11.4. The summed E-state index contributed by atoms with van der Waals surface area (Å²) in [4.78, 5) is 14.1. The molecule has 1 aliphatic heterocycles. The molecular weight excluding hydrogens is 253 g/mol. The highest BCUT2D eigenvalue weighted by Crippen LogP contribution is 2.23. The van der Waals surface area contributed by atoms with Gasteiger partial charge in [0, 0.05) is 18.7 Å². The van der Waals surface area contributed by atoms with Crippen molar-refractivity contribution >= 4 is 17.5 Å². The summed E-state index contributed by atoms with van der Waals surface area (Å²) in [5.74, 6) is 0.0709. The number of benzene rings is 1. The van der Waals surface area contributed by atoms with Crippen LogP contribution in [0.5, 0.6) is 0 Å². The van der Waals surface area contributed by atoms with Crippen molar-refractivity contribution < 1.29 is 9.18 Å². The third-order valence-electron chi connectivity index (χ3n) is 3.57. The summed E-state index contributed by atoms with van der Waals surface area (Å²) in [6, 6.07) is 4.26. The Balaban J connectivity index is 2.16. The van der Waals surface area contributed by atoms with Crippen molar-refractivity contribution in [1.82, 2.24) is 4.90 Å². The van der Waals surface area contributed by atoms with Gasteiger partial charge in [-0.1, -0.05) is 6.92 Å². The molecule has 2 rings (SSSR count). The van der Waals surface area contributed by atoms with Crippen LogP contribution in [-0.2, 0) is 0 Å². The Hall–Kier alpha value is -1.09. The van der Waals surface area contributed by atoms with Crippen LogP contribution in [0.4, 0.5) is 4.39 Å². The third kappa shape index (κ3) is 2.66. The van der Waals surface area contributed by atoms with Gasteiger partial charge in [0.1, 0.15) is 5.82 Å². The Kier molecular flexibility index (Phi) is 3.91. The third-order valence-corrected chi connectivity index (χ3v) is 4.14. The lowest BCUT2D eigenvalue weighted by molar-refractivity contribution is 0.0700. The van der Waals surface area contributed by atoms with Crippen LogP contribution < -0.4 is 0 Å². The molecule has 18 heavy (non-hydrogen) atoms. The van der Waals surface area contributed by atoms with Crippen molar-refractivity contribution in [2.24, 2.45) is 5.92 Å². The van der Waals surface area contributed by atoms with E-state index in [9.17, 15) is 9.18 Å². The van der Waals surface area contributed by atoms with Crippen molar-refractivity contribution in [1.29, 1.82) is 0 Å². The molecular formula is C14H17ClFNO. The molecule has 1 aromatic rings. The number of hydrogen-bond acceptors (Lipinski definition) is 1. The van der Waals surface area contributed by atoms with Crippen LogP contribution in [0.2, 0.25) is 0 Å². The molecule has 2 nitrogen and oxygen atoms in total. The minimum Gasteiger partial charge on any atom is -0.337 e. The van der Waals surface area contributed by atoms with Crippen molar-refractivity contribution in [2.75, 3.05) is 13.1 Å². The number of nitrogens with zero attached hydrogens (tertiary/aromatic N) is 1. The molecule has 1 aromatic carbocycles. The minimum atomic E-state index is -0.313. The van der Waals surface area contributed by atoms with Crippen LogP contribution in [0, 0.1) is 18.7 Å². The summed E-state index contributed by atoms with van der Waals surface area (Å²) < 4.78 is 13.0. The molecule has 0 saturated carbocycles. The lowest BCUT2D eigenvalue weighted by atomic mass is 9.97. The lowest BCUT2D eigenvalue weighted by Crippen LogP contribution is -2.44. The van der Waals surface area contributed by atoms with Gasteiger partial charge in [0.2, 0.25) is 0 Å². The summed E-state index contributed by atoms with van der Waals surface area (Å²) in [6.45, 7) is 5.14. The molecule has 1 saturated heterocycles. The molecule has 2 unspecified atom stereocenters. The minimum absolute atomic E-state index is 0.00320. The SMILES string of the molecule is Cc1cc(F)ccc1C(=O)N1CCC(C)C(Cl)C1. The number of amides is 1. The van der Waals surface area contributed by atoms with Gasteiger partial charge in [-0.2, -0.15) is 0 Å². The van der Waals surface area contributed by atoms with E-state index >= 15 is 0 Å². The maximum atomic E-state index is 13.0. The first-order chi connectivity index (χ1) is 8.49. The van der Waals surface area contributed by atoms with Gasteiger partial charge in [-0.15, -0.1) is 11.6 Å². The van der Waals surface area contributed by atoms with Crippen LogP contribution in [0.3, 0.4) is 0 Å². The molecule has 0 aromatic heterocycles. The highest BCUT2D eigenvalue weighted by atomic mass is 35.5. The second-order valence-corrected chi connectivity index (χ2v) is 5.55. The van der Waals surface area contributed by atoms with Gasteiger partial charge < -0.3 is 4.90 Å². The number of halogens is 2. The summed E-state index contributed by atoms with van der Waals surface area (Å²) in [6.07, 6.45) is 0.917. The highest BCUT2D eigenvalue weighted by Gasteiger charge is 2.28. The quantitative estimate of drug-likeness (QED) is 0.717. The van der Waals surface area contributed by atoms with Gasteiger partial charge >= 0.3 is 0 Å². The van der Waals surface area contributed by atoms with E-state index in [0.29, 0.717) is 23.6 Å². The largest absolute Gasteiger partial charge is 0.337 e. The van der Waals surface area contributed by atoms with Gasteiger partial charge in [0.05, 0.1) is 5.38 Å². The molecule has 1 fully saturated rings. The molecule has 1 heterocycles. The predicted molar refractivity (Wildman–Crippen MR) is 70.5 cm³/mol. The Morgan fingerprint density at radius 3 is 2.83 bits per heavy atom. The maximum absolute atomic E-state index is 13.0. The fourth-order valence-corrected chi connectivity index (χ4v) is 2.54. The first-order valence-corrected chi connectivity index (χ1v) is 6.62. The van der Waals surface area contributed by atoms with Crippen LogP contribution in [0.15, 0.2) is 18.2 Å². The number of aryl methyl sites for hydroxylation is 1. The predicted octanol–water partition coefficient (Wildman–Crippen LogP) is 3.22. The van der Waals surface area contributed by atoms with Gasteiger partial charge in [-0.05, 0) is 43.0 Å². The monoisotopic (exact) mass is 269 g/mol. The fraction of sp³-hybridized carbons (Fsp3) is 0.500. The van der Waals surface area contributed by atoms with E-state index < -0.39 is 0 Å². The van der Waals surface area contributed by atoms with Crippen LogP contribution in [0.1, 0.15) is 29.3 Å². The number of rotatable bonds is 1. The van der Waals surface area contributed by atoms with E-state index in [-0.39, 0.29) is 17.1 Å². The summed E-state index contributed by atoms with van der Waals surface area (Å²) >= 11 is 6.20. The van der Waals surface area contributed by atoms with Crippen molar-refractivity contribution in [3.05, 3.63) is 35.1 Å². The number of carbonyl (C=O) groups is 1. The smallest absolute Gasteiger partial charge is 0.254 e. The first kappa shape index (κ1) is 13.3. The molecule has 0 radical (unpaired) electrons. The fourth-order valence-electron chi connectivity index (χ4n) is 2.24. The van der Waals surface area contributed by atoms with E-state index in [1.165, 1.54) is 12.1 Å². The van der Waals surface area contributed by atoms with Crippen molar-refractivity contribution in [3.8, 4) is 0 Å². The van der Waals surface area contributed by atoms with E-state index in [2.05, 4.69) is 6.92 Å². The highest BCUT2D eigenvalue weighted by molar-refractivity contribution is 6.21. The van der Waals surface area contributed by atoms with Gasteiger partial charge in [0.25, 0.3) is 5.91 Å². The topological polar surface area (TPSA) is 20.3 Å². The van der Waals surface area contributed by atoms with Crippen molar-refractivity contribution in [2.45, 2.75) is 25.6 Å². The van der Waals surface area contributed by atoms with Gasteiger partial charge in [0.15, 0.2) is 0 Å². The number of piperidine rings is 1. The molecule has 0 spiro atoms. The van der Waals surface area contributed by atoms with Crippen LogP contribution in [0.25, 0.3) is 0 Å². The van der Waals surface area contributed by atoms with Crippen LogP contribution in [-0.4, -0.2) is 29.3 Å². The maximum Gasteiger partial charge on any atom is 0.254 e. The lowest BCUT2D eigenvalue weighted by Gasteiger charge is -2.34. The Morgan fingerprint density at radius 2 is 2.22 bits per heavy atom. The van der Waals surface area contributed by atoms with Crippen molar-refractivity contribution in [3.63, 3.8) is 0 Å². The number of alkyl halides is 1. The number of hydrogen-bond donors (Lipinski definition) is 0. The van der Waals surface area contributed by atoms with E-state index in [1.807, 2.05) is 0 Å². The normalized spacial score (nSPS) is 24.1. The number of likely N-dealkylation sites (tertiary alicyclic amines) is 1. The first-order valence-electron chi connectivity index (χ1n) is 6.18. The molecule has 98 valence electrons. The Bertz CT molecular complexity index is 463.